The second-order valence-electron chi connectivity index (χ2n) is 15.5. The highest BCUT2D eigenvalue weighted by atomic mass is 16.5. The van der Waals surface area contributed by atoms with E-state index in [1.165, 1.54) is 18.3 Å². The van der Waals surface area contributed by atoms with E-state index in [2.05, 4.69) is 40.7 Å². The monoisotopic (exact) mass is 544 g/mol. The Morgan fingerprint density at radius 1 is 0.900 bits per heavy atom. The summed E-state index contributed by atoms with van der Waals surface area (Å²) in [5.41, 5.74) is 2.30. The van der Waals surface area contributed by atoms with Gasteiger partial charge in [-0.15, -0.1) is 0 Å². The molecule has 4 saturated carbocycles. The molecule has 4 nitrogen and oxygen atoms in total. The lowest BCUT2D eigenvalue weighted by molar-refractivity contribution is -0.177. The quantitative estimate of drug-likeness (QED) is 0.287. The van der Waals surface area contributed by atoms with Crippen LogP contribution in [0.2, 0.25) is 0 Å². The Labute approximate surface area is 240 Å². The molecule has 0 saturated heterocycles. The lowest BCUT2D eigenvalue weighted by Crippen LogP contribution is -2.63. The molecular formula is C36H48O4. The Hall–Kier alpha value is -2.23. The van der Waals surface area contributed by atoms with E-state index in [4.69, 9.17) is 4.74 Å². The number of benzene rings is 1. The van der Waals surface area contributed by atoms with Crippen molar-refractivity contribution in [3.05, 3.63) is 47.5 Å². The molecule has 1 aromatic rings. The van der Waals surface area contributed by atoms with Gasteiger partial charge in [0.1, 0.15) is 12.9 Å². The summed E-state index contributed by atoms with van der Waals surface area (Å²) in [6, 6.07) is 9.91. The van der Waals surface area contributed by atoms with Crippen molar-refractivity contribution < 1.29 is 19.1 Å². The fourth-order valence-corrected chi connectivity index (χ4v) is 11.1. The van der Waals surface area contributed by atoms with E-state index in [1.54, 1.807) is 0 Å². The van der Waals surface area contributed by atoms with Gasteiger partial charge in [-0.05, 0) is 109 Å². The van der Waals surface area contributed by atoms with Crippen molar-refractivity contribution in [3.63, 3.8) is 0 Å². The summed E-state index contributed by atoms with van der Waals surface area (Å²) in [7, 11) is 0. The van der Waals surface area contributed by atoms with Crippen molar-refractivity contribution in [1.29, 1.82) is 0 Å². The number of carbonyl (C=O) groups excluding carboxylic acids is 3. The van der Waals surface area contributed by atoms with Crippen LogP contribution in [0.4, 0.5) is 0 Å². The van der Waals surface area contributed by atoms with Crippen LogP contribution >= 0.6 is 0 Å². The van der Waals surface area contributed by atoms with Gasteiger partial charge in [-0.25, -0.2) is 0 Å². The molecule has 0 spiro atoms. The number of fused-ring (bicyclic) bond motifs is 7. The highest BCUT2D eigenvalue weighted by Crippen LogP contribution is 2.71. The molecule has 0 radical (unpaired) electrons. The molecule has 40 heavy (non-hydrogen) atoms. The minimum atomic E-state index is -0.102. The first-order valence-electron chi connectivity index (χ1n) is 15.9. The van der Waals surface area contributed by atoms with Crippen LogP contribution in [-0.4, -0.2) is 18.0 Å². The van der Waals surface area contributed by atoms with Crippen LogP contribution in [0.5, 0.6) is 0 Å². The van der Waals surface area contributed by atoms with E-state index in [0.29, 0.717) is 24.2 Å². The summed E-state index contributed by atoms with van der Waals surface area (Å²) in [5.74, 6) is 1.28. The van der Waals surface area contributed by atoms with Crippen LogP contribution in [0.25, 0.3) is 0 Å². The van der Waals surface area contributed by atoms with Crippen LogP contribution in [0.1, 0.15) is 98.0 Å². The van der Waals surface area contributed by atoms with Crippen LogP contribution < -0.4 is 0 Å². The first-order chi connectivity index (χ1) is 18.9. The Balaban J connectivity index is 1.28. The summed E-state index contributed by atoms with van der Waals surface area (Å²) in [4.78, 5) is 39.6. The van der Waals surface area contributed by atoms with E-state index in [0.717, 1.165) is 56.9 Å². The normalized spacial score (nSPS) is 43.7. The number of ether oxygens (including phenoxy) is 1. The maximum Gasteiger partial charge on any atom is 0.309 e. The average molecular weight is 545 g/mol. The molecule has 9 atom stereocenters. The molecule has 0 aromatic heterocycles. The number of allylic oxidation sites excluding steroid dienone is 2. The molecule has 0 bridgehead atoms. The third-order valence-corrected chi connectivity index (χ3v) is 13.3. The van der Waals surface area contributed by atoms with Gasteiger partial charge in [0.25, 0.3) is 0 Å². The Morgan fingerprint density at radius 2 is 1.60 bits per heavy atom. The number of hydrogen-bond acceptors (Lipinski definition) is 4. The smallest absolute Gasteiger partial charge is 0.309 e. The highest BCUT2D eigenvalue weighted by Gasteiger charge is 2.66. The van der Waals surface area contributed by atoms with E-state index in [-0.39, 0.29) is 51.3 Å². The Bertz CT molecular complexity index is 1210. The van der Waals surface area contributed by atoms with Crippen molar-refractivity contribution in [2.75, 3.05) is 0 Å². The van der Waals surface area contributed by atoms with Gasteiger partial charge < -0.3 is 9.53 Å². The first kappa shape index (κ1) is 27.9. The topological polar surface area (TPSA) is 60.4 Å². The van der Waals surface area contributed by atoms with Gasteiger partial charge in [-0.3, -0.25) is 9.59 Å². The molecule has 0 aliphatic heterocycles. The fraction of sp³-hybridized carbons (Fsp3) is 0.694. The fourth-order valence-electron chi connectivity index (χ4n) is 11.1. The van der Waals surface area contributed by atoms with Crippen molar-refractivity contribution in [1.82, 2.24) is 0 Å². The Kier molecular flexibility index (Phi) is 6.75. The summed E-state index contributed by atoms with van der Waals surface area (Å²) < 4.78 is 5.80. The average Bonchev–Trinajstić information content (AvgIpc) is 2.91. The van der Waals surface area contributed by atoms with Crippen molar-refractivity contribution in [2.45, 2.75) is 99.0 Å². The maximum atomic E-state index is 14.3. The zero-order valence-corrected chi connectivity index (χ0v) is 25.2. The van der Waals surface area contributed by atoms with Gasteiger partial charge in [0, 0.05) is 11.8 Å². The molecule has 1 aromatic carbocycles. The van der Waals surface area contributed by atoms with E-state index < -0.39 is 0 Å². The van der Waals surface area contributed by atoms with E-state index in [9.17, 15) is 14.4 Å². The number of aldehydes is 1. The number of carbonyl (C=O) groups is 3. The molecular weight excluding hydrogens is 496 g/mol. The van der Waals surface area contributed by atoms with Crippen LogP contribution in [0.3, 0.4) is 0 Å². The minimum absolute atomic E-state index is 0.0129. The number of ketones is 1. The standard InChI is InChI=1S/C36H48O4/c1-33(2)25(21-37)12-17-36(5)30(33)14-18-35(4)27-13-16-34(3)15-11-24(19-28(34)26(27)20-29(38)31(35)36)32(39)40-22-23-9-7-6-8-10-23/h6-10,20-21,24-25,27-28,30-31H,11-19,22H2,1-5H3. The van der Waals surface area contributed by atoms with Crippen LogP contribution in [0.15, 0.2) is 42.0 Å². The lowest BCUT2D eigenvalue weighted by atomic mass is 9.36. The molecule has 5 aliphatic carbocycles. The van der Waals surface area contributed by atoms with E-state index >= 15 is 0 Å². The first-order valence-corrected chi connectivity index (χ1v) is 15.9. The van der Waals surface area contributed by atoms with Crippen molar-refractivity contribution >= 4 is 18.0 Å². The molecule has 9 unspecified atom stereocenters. The third kappa shape index (κ3) is 4.09. The van der Waals surface area contributed by atoms with Crippen molar-refractivity contribution in [2.24, 2.45) is 57.2 Å². The van der Waals surface area contributed by atoms with Gasteiger partial charge in [0.15, 0.2) is 5.78 Å². The summed E-state index contributed by atoms with van der Waals surface area (Å²) in [5, 5.41) is 0. The predicted octanol–water partition coefficient (Wildman–Crippen LogP) is 7.75. The third-order valence-electron chi connectivity index (χ3n) is 13.3. The Morgan fingerprint density at radius 3 is 2.33 bits per heavy atom. The maximum absolute atomic E-state index is 14.3. The van der Waals surface area contributed by atoms with Crippen molar-refractivity contribution in [3.8, 4) is 0 Å². The molecule has 0 amide bonds. The van der Waals surface area contributed by atoms with Crippen LogP contribution in [0, 0.1) is 57.2 Å². The highest BCUT2D eigenvalue weighted by molar-refractivity contribution is 5.95. The van der Waals surface area contributed by atoms with E-state index in [1.807, 2.05) is 30.3 Å². The van der Waals surface area contributed by atoms with Gasteiger partial charge in [-0.1, -0.05) is 70.5 Å². The SMILES string of the molecule is CC12CCC(C(=O)OCc3ccccc3)CC1C1=CC(=O)C3C(C)(CCC4C(C)(C)C(C=O)CCC43C)C1CC2. The predicted molar refractivity (Wildman–Crippen MR) is 156 cm³/mol. The molecule has 6 rings (SSSR count). The summed E-state index contributed by atoms with van der Waals surface area (Å²) >= 11 is 0. The number of hydrogen-bond donors (Lipinski definition) is 0. The molecule has 4 heteroatoms. The zero-order chi connectivity index (χ0) is 28.5. The largest absolute Gasteiger partial charge is 0.461 e. The molecule has 0 N–H and O–H groups in total. The molecule has 5 aliphatic rings. The number of esters is 1. The van der Waals surface area contributed by atoms with Gasteiger partial charge in [0.05, 0.1) is 5.92 Å². The number of rotatable bonds is 4. The second-order valence-corrected chi connectivity index (χ2v) is 15.5. The zero-order valence-electron chi connectivity index (χ0n) is 25.2. The molecule has 0 heterocycles. The van der Waals surface area contributed by atoms with Gasteiger partial charge in [-0.2, -0.15) is 0 Å². The minimum Gasteiger partial charge on any atom is -0.461 e. The summed E-state index contributed by atoms with van der Waals surface area (Å²) in [6.45, 7) is 12.1. The van der Waals surface area contributed by atoms with Gasteiger partial charge in [0.2, 0.25) is 0 Å². The molecule has 216 valence electrons. The van der Waals surface area contributed by atoms with Gasteiger partial charge >= 0.3 is 5.97 Å². The second kappa shape index (κ2) is 9.66. The van der Waals surface area contributed by atoms with Crippen LogP contribution in [-0.2, 0) is 25.7 Å². The lowest BCUT2D eigenvalue weighted by Gasteiger charge is -2.67. The summed E-state index contributed by atoms with van der Waals surface area (Å²) in [6.07, 6.45) is 12.2. The molecule has 4 fully saturated rings.